The number of hydrogen-bond acceptors (Lipinski definition) is 5. The van der Waals surface area contributed by atoms with E-state index in [1.165, 1.54) is 16.0 Å². The SMILES string of the molecule is CCNCc1cncc(-c2ccc3[nH]nc(-c4ncc(C(=O)N(C)C)[nH]4)c3c2)c1C. The van der Waals surface area contributed by atoms with Crippen LogP contribution >= 0.6 is 0 Å². The van der Waals surface area contributed by atoms with Crippen molar-refractivity contribution in [1.29, 1.82) is 0 Å². The van der Waals surface area contributed by atoms with E-state index in [0.717, 1.165) is 35.1 Å². The van der Waals surface area contributed by atoms with Gasteiger partial charge >= 0.3 is 0 Å². The third-order valence-corrected chi connectivity index (χ3v) is 5.20. The Kier molecular flexibility index (Phi) is 5.33. The summed E-state index contributed by atoms with van der Waals surface area (Å²) in [5, 5.41) is 11.8. The number of pyridine rings is 1. The minimum Gasteiger partial charge on any atom is -0.343 e. The Balaban J connectivity index is 1.75. The fourth-order valence-corrected chi connectivity index (χ4v) is 3.45. The van der Waals surface area contributed by atoms with Crippen LogP contribution in [0.1, 0.15) is 28.5 Å². The van der Waals surface area contributed by atoms with Gasteiger partial charge in [-0.1, -0.05) is 13.0 Å². The minimum absolute atomic E-state index is 0.131. The quantitative estimate of drug-likeness (QED) is 0.459. The van der Waals surface area contributed by atoms with E-state index in [4.69, 9.17) is 0 Å². The van der Waals surface area contributed by atoms with E-state index in [1.54, 1.807) is 20.3 Å². The number of rotatable bonds is 6. The molecule has 4 rings (SSSR count). The number of H-pyrrole nitrogens is 2. The van der Waals surface area contributed by atoms with E-state index in [9.17, 15) is 4.79 Å². The van der Waals surface area contributed by atoms with Gasteiger partial charge in [0.1, 0.15) is 11.4 Å². The van der Waals surface area contributed by atoms with Crippen LogP contribution in [0.3, 0.4) is 0 Å². The maximum atomic E-state index is 12.2. The van der Waals surface area contributed by atoms with Crippen molar-refractivity contribution < 1.29 is 4.79 Å². The lowest BCUT2D eigenvalue weighted by molar-refractivity contribution is 0.0822. The lowest BCUT2D eigenvalue weighted by atomic mass is 9.98. The molecule has 0 saturated carbocycles. The first-order valence-corrected chi connectivity index (χ1v) is 9.89. The molecule has 3 N–H and O–H groups in total. The number of nitrogens with one attached hydrogen (secondary N) is 3. The van der Waals surface area contributed by atoms with Gasteiger partial charge in [-0.25, -0.2) is 4.98 Å². The first-order chi connectivity index (χ1) is 14.5. The molecule has 0 aliphatic heterocycles. The second-order valence-corrected chi connectivity index (χ2v) is 7.43. The first kappa shape index (κ1) is 19.8. The van der Waals surface area contributed by atoms with Gasteiger partial charge < -0.3 is 15.2 Å². The number of nitrogens with zero attached hydrogens (tertiary/aromatic N) is 4. The molecule has 0 bridgehead atoms. The second-order valence-electron chi connectivity index (χ2n) is 7.43. The van der Waals surface area contributed by atoms with Crippen LogP contribution in [-0.4, -0.2) is 56.6 Å². The fourth-order valence-electron chi connectivity index (χ4n) is 3.45. The summed E-state index contributed by atoms with van der Waals surface area (Å²) in [5.41, 5.74) is 6.54. The number of carbonyl (C=O) groups is 1. The van der Waals surface area contributed by atoms with Crippen molar-refractivity contribution in [2.75, 3.05) is 20.6 Å². The van der Waals surface area contributed by atoms with E-state index in [1.807, 2.05) is 18.5 Å². The van der Waals surface area contributed by atoms with Crippen LogP contribution in [0.2, 0.25) is 0 Å². The standard InChI is InChI=1S/C22H25N7O/c1-5-23-9-15-10-24-11-17(13(15)2)14-6-7-18-16(8-14)20(28-27-18)21-25-12-19(26-21)22(30)29(3)4/h6-8,10-12,23H,5,9H2,1-4H3,(H,25,26)(H,27,28). The fraction of sp³-hybridized carbons (Fsp3) is 0.273. The molecule has 3 aromatic heterocycles. The van der Waals surface area contributed by atoms with Crippen LogP contribution < -0.4 is 5.32 Å². The average molecular weight is 403 g/mol. The monoisotopic (exact) mass is 403 g/mol. The smallest absolute Gasteiger partial charge is 0.271 e. The van der Waals surface area contributed by atoms with Crippen molar-refractivity contribution in [2.45, 2.75) is 20.4 Å². The first-order valence-electron chi connectivity index (χ1n) is 9.89. The van der Waals surface area contributed by atoms with Crippen LogP contribution in [0.5, 0.6) is 0 Å². The Bertz CT molecular complexity index is 1210. The average Bonchev–Trinajstić information content (AvgIpc) is 3.38. The van der Waals surface area contributed by atoms with Crippen molar-refractivity contribution in [3.8, 4) is 22.6 Å². The molecule has 0 radical (unpaired) electrons. The molecule has 0 unspecified atom stereocenters. The van der Waals surface area contributed by atoms with Crippen molar-refractivity contribution >= 4 is 16.8 Å². The van der Waals surface area contributed by atoms with Crippen molar-refractivity contribution in [1.82, 2.24) is 35.4 Å². The molecular weight excluding hydrogens is 378 g/mol. The molecule has 0 aliphatic carbocycles. The zero-order valence-electron chi connectivity index (χ0n) is 17.6. The Morgan fingerprint density at radius 2 is 2.03 bits per heavy atom. The van der Waals surface area contributed by atoms with Gasteiger partial charge in [0.2, 0.25) is 0 Å². The zero-order valence-corrected chi connectivity index (χ0v) is 17.6. The summed E-state index contributed by atoms with van der Waals surface area (Å²) < 4.78 is 0. The molecule has 8 nitrogen and oxygen atoms in total. The van der Waals surface area contributed by atoms with Crippen molar-refractivity contribution in [3.63, 3.8) is 0 Å². The van der Waals surface area contributed by atoms with E-state index in [2.05, 4.69) is 56.4 Å². The van der Waals surface area contributed by atoms with Gasteiger partial charge in [-0.2, -0.15) is 5.10 Å². The number of carbonyl (C=O) groups excluding carboxylic acids is 1. The Labute approximate surface area is 174 Å². The minimum atomic E-state index is -0.131. The van der Waals surface area contributed by atoms with E-state index >= 15 is 0 Å². The number of hydrogen-bond donors (Lipinski definition) is 3. The predicted octanol–water partition coefficient (Wildman–Crippen LogP) is 3.13. The van der Waals surface area contributed by atoms with Crippen LogP contribution in [-0.2, 0) is 6.54 Å². The molecule has 0 atom stereocenters. The summed E-state index contributed by atoms with van der Waals surface area (Å²) >= 11 is 0. The highest BCUT2D eigenvalue weighted by molar-refractivity contribution is 5.96. The second kappa shape index (κ2) is 8.08. The van der Waals surface area contributed by atoms with Gasteiger partial charge in [-0.15, -0.1) is 0 Å². The highest BCUT2D eigenvalue weighted by Crippen LogP contribution is 2.31. The summed E-state index contributed by atoms with van der Waals surface area (Å²) in [4.78, 5) is 25.6. The third kappa shape index (κ3) is 3.57. The van der Waals surface area contributed by atoms with Crippen LogP contribution in [0.25, 0.3) is 33.5 Å². The van der Waals surface area contributed by atoms with Gasteiger partial charge in [0.15, 0.2) is 5.82 Å². The summed E-state index contributed by atoms with van der Waals surface area (Å²) in [6, 6.07) is 6.16. The normalized spacial score (nSPS) is 11.2. The van der Waals surface area contributed by atoms with Crippen LogP contribution in [0.15, 0.2) is 36.8 Å². The molecule has 1 amide bonds. The predicted molar refractivity (Wildman–Crippen MR) is 117 cm³/mol. The number of imidazole rings is 1. The van der Waals surface area contributed by atoms with Gasteiger partial charge in [0.05, 0.1) is 11.7 Å². The maximum absolute atomic E-state index is 12.2. The molecule has 4 aromatic rings. The van der Waals surface area contributed by atoms with E-state index in [0.29, 0.717) is 17.2 Å². The Hall–Kier alpha value is -3.52. The molecule has 3 heterocycles. The van der Waals surface area contributed by atoms with Gasteiger partial charge in [-0.05, 0) is 42.3 Å². The highest BCUT2D eigenvalue weighted by Gasteiger charge is 2.17. The lowest BCUT2D eigenvalue weighted by Crippen LogP contribution is -2.21. The molecule has 0 fully saturated rings. The Morgan fingerprint density at radius 3 is 2.80 bits per heavy atom. The third-order valence-electron chi connectivity index (χ3n) is 5.20. The topological polar surface area (TPSA) is 103 Å². The van der Waals surface area contributed by atoms with Gasteiger partial charge in [0.25, 0.3) is 5.91 Å². The number of benzene rings is 1. The summed E-state index contributed by atoms with van der Waals surface area (Å²) in [6.07, 6.45) is 5.35. The Morgan fingerprint density at radius 1 is 1.20 bits per heavy atom. The largest absolute Gasteiger partial charge is 0.343 e. The summed E-state index contributed by atoms with van der Waals surface area (Å²) in [7, 11) is 3.42. The number of aromatic nitrogens is 5. The van der Waals surface area contributed by atoms with E-state index < -0.39 is 0 Å². The lowest BCUT2D eigenvalue weighted by Gasteiger charge is -2.11. The summed E-state index contributed by atoms with van der Waals surface area (Å²) in [5.74, 6) is 0.424. The highest BCUT2D eigenvalue weighted by atomic mass is 16.2. The number of fused-ring (bicyclic) bond motifs is 1. The molecular formula is C22H25N7O. The molecule has 0 aliphatic rings. The molecule has 8 heteroatoms. The van der Waals surface area contributed by atoms with Crippen LogP contribution in [0, 0.1) is 6.92 Å². The summed E-state index contributed by atoms with van der Waals surface area (Å²) in [6.45, 7) is 5.91. The zero-order chi connectivity index (χ0) is 21.3. The molecule has 0 saturated heterocycles. The van der Waals surface area contributed by atoms with Crippen LogP contribution in [0.4, 0.5) is 0 Å². The maximum Gasteiger partial charge on any atom is 0.271 e. The van der Waals surface area contributed by atoms with Crippen molar-refractivity contribution in [2.24, 2.45) is 0 Å². The molecule has 0 spiro atoms. The van der Waals surface area contributed by atoms with Crippen molar-refractivity contribution in [3.05, 3.63) is 53.6 Å². The number of aromatic amines is 2. The molecule has 1 aromatic carbocycles. The van der Waals surface area contributed by atoms with Gasteiger partial charge in [-0.3, -0.25) is 14.9 Å². The van der Waals surface area contributed by atoms with Gasteiger partial charge in [0, 0.05) is 44.0 Å². The molecule has 30 heavy (non-hydrogen) atoms. The number of amides is 1. The van der Waals surface area contributed by atoms with E-state index in [-0.39, 0.29) is 5.91 Å². The molecule has 154 valence electrons.